The van der Waals surface area contributed by atoms with Gasteiger partial charge in [0.1, 0.15) is 4.90 Å². The summed E-state index contributed by atoms with van der Waals surface area (Å²) in [5.41, 5.74) is 2.19. The van der Waals surface area contributed by atoms with Gasteiger partial charge in [-0.15, -0.1) is 0 Å². The average molecular weight is 257 g/mol. The van der Waals surface area contributed by atoms with Crippen LogP contribution in [0.2, 0.25) is 0 Å². The maximum atomic E-state index is 11.9. The summed E-state index contributed by atoms with van der Waals surface area (Å²) in [4.78, 5) is 0.117. The average Bonchev–Trinajstić information content (AvgIpc) is 2.14. The largest absolute Gasteiger partial charge is 0.408 e. The molecule has 1 aromatic rings. The van der Waals surface area contributed by atoms with Crippen LogP contribution in [0, 0.1) is 20.8 Å². The van der Waals surface area contributed by atoms with E-state index < -0.39 is 10.1 Å². The molecule has 6 heteroatoms. The molecule has 0 radical (unpaired) electrons. The Bertz CT molecular complexity index is 538. The highest BCUT2D eigenvalue weighted by atomic mass is 32.2. The molecule has 1 N–H and O–H groups in total. The molecule has 0 saturated carbocycles. The van der Waals surface area contributed by atoms with Crippen molar-refractivity contribution in [3.63, 3.8) is 0 Å². The van der Waals surface area contributed by atoms with Gasteiger partial charge in [0.05, 0.1) is 0 Å². The van der Waals surface area contributed by atoms with Gasteiger partial charge < -0.3 is 9.39 Å². The van der Waals surface area contributed by atoms with Crippen LogP contribution in [0.15, 0.2) is 22.2 Å². The SMILES string of the molecule is CC(=NO)OS(=O)(=O)c1c(C)cc(C)cc1C. The summed E-state index contributed by atoms with van der Waals surface area (Å²) in [6.45, 7) is 6.54. The van der Waals surface area contributed by atoms with E-state index in [9.17, 15) is 8.42 Å². The molecule has 0 amide bonds. The van der Waals surface area contributed by atoms with E-state index in [1.807, 2.05) is 6.92 Å². The Morgan fingerprint density at radius 1 is 1.24 bits per heavy atom. The second-order valence-electron chi connectivity index (χ2n) is 3.88. The van der Waals surface area contributed by atoms with E-state index in [1.165, 1.54) is 6.92 Å². The summed E-state index contributed by atoms with van der Waals surface area (Å²) in [6, 6.07) is 3.52. The molecule has 0 aliphatic rings. The predicted molar refractivity (Wildman–Crippen MR) is 63.8 cm³/mol. The van der Waals surface area contributed by atoms with Gasteiger partial charge in [0.2, 0.25) is 5.90 Å². The quantitative estimate of drug-likeness (QED) is 0.289. The Balaban J connectivity index is 3.34. The predicted octanol–water partition coefficient (Wildman–Crippen LogP) is 2.12. The zero-order chi connectivity index (χ0) is 13.2. The summed E-state index contributed by atoms with van der Waals surface area (Å²) < 4.78 is 28.5. The van der Waals surface area contributed by atoms with Crippen molar-refractivity contribution in [1.29, 1.82) is 0 Å². The normalized spacial score (nSPS) is 12.6. The van der Waals surface area contributed by atoms with Crippen molar-refractivity contribution in [3.05, 3.63) is 28.8 Å². The van der Waals surface area contributed by atoms with Gasteiger partial charge in [-0.3, -0.25) is 0 Å². The van der Waals surface area contributed by atoms with Gasteiger partial charge in [0, 0.05) is 6.92 Å². The summed E-state index contributed by atoms with van der Waals surface area (Å²) >= 11 is 0. The molecule has 0 fully saturated rings. The van der Waals surface area contributed by atoms with Crippen molar-refractivity contribution in [2.24, 2.45) is 5.16 Å². The van der Waals surface area contributed by atoms with Crippen LogP contribution in [-0.4, -0.2) is 19.5 Å². The molecule has 0 aliphatic carbocycles. The summed E-state index contributed by atoms with van der Waals surface area (Å²) in [5.74, 6) is -0.315. The standard InChI is InChI=1S/C11H15NO4S/c1-7-5-8(2)11(9(3)6-7)17(14,15)16-10(4)12-13/h5-6,13H,1-4H3. The van der Waals surface area contributed by atoms with E-state index in [0.29, 0.717) is 11.1 Å². The molecule has 0 aromatic heterocycles. The van der Waals surface area contributed by atoms with Crippen molar-refractivity contribution in [1.82, 2.24) is 0 Å². The highest BCUT2D eigenvalue weighted by Gasteiger charge is 2.22. The first-order valence-corrected chi connectivity index (χ1v) is 6.39. The maximum absolute atomic E-state index is 11.9. The van der Waals surface area contributed by atoms with Crippen molar-refractivity contribution in [2.45, 2.75) is 32.6 Å². The number of rotatable bonds is 2. The Labute approximate surface area is 101 Å². The van der Waals surface area contributed by atoms with E-state index in [1.54, 1.807) is 26.0 Å². The molecule has 1 rings (SSSR count). The Morgan fingerprint density at radius 2 is 1.71 bits per heavy atom. The van der Waals surface area contributed by atoms with Crippen LogP contribution in [0.4, 0.5) is 0 Å². The van der Waals surface area contributed by atoms with Crippen LogP contribution in [-0.2, 0) is 14.3 Å². The molecule has 94 valence electrons. The van der Waals surface area contributed by atoms with Crippen LogP contribution in [0.1, 0.15) is 23.6 Å². The smallest absolute Gasteiger partial charge is 0.341 e. The maximum Gasteiger partial charge on any atom is 0.341 e. The van der Waals surface area contributed by atoms with Crippen molar-refractivity contribution >= 4 is 16.0 Å². The lowest BCUT2D eigenvalue weighted by Gasteiger charge is -2.11. The molecule has 0 aliphatic heterocycles. The molecule has 0 unspecified atom stereocenters. The third-order valence-corrected chi connectivity index (χ3v) is 3.83. The fourth-order valence-corrected chi connectivity index (χ4v) is 3.12. The fourth-order valence-electron chi connectivity index (χ4n) is 1.78. The van der Waals surface area contributed by atoms with E-state index in [0.717, 1.165) is 5.56 Å². The van der Waals surface area contributed by atoms with Gasteiger partial charge >= 0.3 is 10.1 Å². The van der Waals surface area contributed by atoms with Crippen molar-refractivity contribution in [3.8, 4) is 0 Å². The van der Waals surface area contributed by atoms with Crippen LogP contribution in [0.25, 0.3) is 0 Å². The van der Waals surface area contributed by atoms with E-state index in [2.05, 4.69) is 9.34 Å². The molecule has 5 nitrogen and oxygen atoms in total. The van der Waals surface area contributed by atoms with E-state index in [-0.39, 0.29) is 10.8 Å². The topological polar surface area (TPSA) is 76.0 Å². The molecule has 17 heavy (non-hydrogen) atoms. The zero-order valence-corrected chi connectivity index (χ0v) is 11.0. The zero-order valence-electron chi connectivity index (χ0n) is 10.2. The molecule has 0 atom stereocenters. The Morgan fingerprint density at radius 3 is 2.12 bits per heavy atom. The molecule has 1 aromatic carbocycles. The van der Waals surface area contributed by atoms with Gasteiger partial charge in [0.15, 0.2) is 0 Å². The Kier molecular flexibility index (Phi) is 3.77. The number of aryl methyl sites for hydroxylation is 3. The monoisotopic (exact) mass is 257 g/mol. The van der Waals surface area contributed by atoms with E-state index >= 15 is 0 Å². The number of nitrogens with zero attached hydrogens (tertiary/aromatic N) is 1. The summed E-state index contributed by atoms with van der Waals surface area (Å²) in [5, 5.41) is 11.1. The lowest BCUT2D eigenvalue weighted by Crippen LogP contribution is -2.13. The first-order chi connectivity index (χ1) is 7.77. The van der Waals surface area contributed by atoms with Crippen LogP contribution < -0.4 is 0 Å². The third kappa shape index (κ3) is 2.97. The fraction of sp³-hybridized carbons (Fsp3) is 0.364. The van der Waals surface area contributed by atoms with Gasteiger partial charge in [-0.05, 0) is 31.9 Å². The molecule has 0 heterocycles. The summed E-state index contributed by atoms with van der Waals surface area (Å²) in [7, 11) is -3.94. The minimum atomic E-state index is -3.94. The van der Waals surface area contributed by atoms with E-state index in [4.69, 9.17) is 5.21 Å². The van der Waals surface area contributed by atoms with Gasteiger partial charge in [-0.2, -0.15) is 8.42 Å². The molecule has 0 bridgehead atoms. The molecule has 0 spiro atoms. The molecular weight excluding hydrogens is 242 g/mol. The summed E-state index contributed by atoms with van der Waals surface area (Å²) in [6.07, 6.45) is 0. The number of benzene rings is 1. The lowest BCUT2D eigenvalue weighted by molar-refractivity contribution is 0.303. The minimum absolute atomic E-state index is 0.117. The van der Waals surface area contributed by atoms with Gasteiger partial charge in [-0.25, -0.2) is 0 Å². The highest BCUT2D eigenvalue weighted by molar-refractivity contribution is 7.87. The number of oxime groups is 1. The number of hydrogen-bond acceptors (Lipinski definition) is 5. The van der Waals surface area contributed by atoms with Crippen LogP contribution in [0.3, 0.4) is 0 Å². The number of hydrogen-bond donors (Lipinski definition) is 1. The lowest BCUT2D eigenvalue weighted by atomic mass is 10.1. The molecule has 0 saturated heterocycles. The van der Waals surface area contributed by atoms with Gasteiger partial charge in [-0.1, -0.05) is 22.9 Å². The minimum Gasteiger partial charge on any atom is -0.408 e. The Hall–Kier alpha value is -1.56. The first-order valence-electron chi connectivity index (χ1n) is 4.99. The van der Waals surface area contributed by atoms with Crippen LogP contribution in [0.5, 0.6) is 0 Å². The second-order valence-corrected chi connectivity index (χ2v) is 5.37. The first kappa shape index (κ1) is 13.5. The van der Waals surface area contributed by atoms with Gasteiger partial charge in [0.25, 0.3) is 0 Å². The van der Waals surface area contributed by atoms with Crippen LogP contribution >= 0.6 is 0 Å². The molecular formula is C11H15NO4S. The highest BCUT2D eigenvalue weighted by Crippen LogP contribution is 2.23. The van der Waals surface area contributed by atoms with Crippen molar-refractivity contribution < 1.29 is 17.8 Å². The second kappa shape index (κ2) is 4.75. The third-order valence-electron chi connectivity index (χ3n) is 2.23. The van der Waals surface area contributed by atoms with Crippen molar-refractivity contribution in [2.75, 3.05) is 0 Å².